The second kappa shape index (κ2) is 4.52. The van der Waals surface area contributed by atoms with Gasteiger partial charge in [0.15, 0.2) is 0 Å². The topological polar surface area (TPSA) is 61.2 Å². The maximum Gasteiger partial charge on any atom is 0.218 e. The molecule has 1 aliphatic rings. The molecule has 17 heavy (non-hydrogen) atoms. The van der Waals surface area contributed by atoms with Gasteiger partial charge in [0.25, 0.3) is 0 Å². The van der Waals surface area contributed by atoms with Gasteiger partial charge in [-0.15, -0.1) is 0 Å². The van der Waals surface area contributed by atoms with Gasteiger partial charge in [-0.25, -0.2) is 4.39 Å². The summed E-state index contributed by atoms with van der Waals surface area (Å²) in [5, 5.41) is 3.63. The first-order valence-corrected chi connectivity index (χ1v) is 5.79. The normalized spacial score (nSPS) is 23.6. The quantitative estimate of drug-likeness (QED) is 0.477. The third kappa shape index (κ3) is 2.09. The molecule has 1 atom stereocenters. The van der Waals surface area contributed by atoms with Crippen molar-refractivity contribution in [3.8, 4) is 0 Å². The van der Waals surface area contributed by atoms with E-state index in [-0.39, 0.29) is 5.82 Å². The molecule has 5 nitrogen and oxygen atoms in total. The van der Waals surface area contributed by atoms with Crippen molar-refractivity contribution >= 4 is 21.6 Å². The van der Waals surface area contributed by atoms with E-state index >= 15 is 0 Å². The molecule has 0 N–H and O–H groups in total. The van der Waals surface area contributed by atoms with E-state index < -0.39 is 5.85 Å². The molecule has 2 rings (SSSR count). The van der Waals surface area contributed by atoms with E-state index in [1.165, 1.54) is 6.07 Å². The lowest BCUT2D eigenvalue weighted by molar-refractivity contribution is 0.0280. The molecule has 1 aromatic carbocycles. The van der Waals surface area contributed by atoms with Crippen LogP contribution in [0.4, 0.5) is 10.1 Å². The van der Waals surface area contributed by atoms with Crippen LogP contribution in [0.5, 0.6) is 0 Å². The van der Waals surface area contributed by atoms with Crippen molar-refractivity contribution in [2.45, 2.75) is 12.8 Å². The molecule has 0 aliphatic carbocycles. The van der Waals surface area contributed by atoms with Crippen molar-refractivity contribution < 1.29 is 9.13 Å². The van der Waals surface area contributed by atoms with Gasteiger partial charge in [-0.3, -0.25) is 0 Å². The van der Waals surface area contributed by atoms with Crippen LogP contribution < -0.4 is 4.90 Å². The van der Waals surface area contributed by atoms with Gasteiger partial charge in [-0.05, 0) is 45.6 Å². The van der Waals surface area contributed by atoms with E-state index in [9.17, 15) is 4.39 Å². The lowest BCUT2D eigenvalue weighted by Crippen LogP contribution is -2.40. The third-order valence-corrected chi connectivity index (χ3v) is 3.43. The first kappa shape index (κ1) is 12.2. The third-order valence-electron chi connectivity index (χ3n) is 2.64. The molecule has 0 radical (unpaired) electrons. The Morgan fingerprint density at radius 2 is 2.41 bits per heavy atom. The number of ether oxygens (including phenoxy) is 1. The first-order chi connectivity index (χ1) is 8.08. The maximum absolute atomic E-state index is 13.5. The smallest absolute Gasteiger partial charge is 0.218 e. The molecule has 0 saturated carbocycles. The number of hydrogen-bond donors (Lipinski definition) is 0. The fourth-order valence-electron chi connectivity index (χ4n) is 1.83. The minimum absolute atomic E-state index is 0.338. The van der Waals surface area contributed by atoms with Crippen molar-refractivity contribution in [3.63, 3.8) is 0 Å². The summed E-state index contributed by atoms with van der Waals surface area (Å²) in [5.41, 5.74) is 9.16. The molecular weight excluding hydrogens is 291 g/mol. The second-order valence-corrected chi connectivity index (χ2v) is 4.49. The van der Waals surface area contributed by atoms with Gasteiger partial charge in [0.2, 0.25) is 5.85 Å². The molecule has 1 unspecified atom stereocenters. The number of rotatable bonds is 2. The van der Waals surface area contributed by atoms with E-state index in [0.717, 1.165) is 0 Å². The highest BCUT2D eigenvalue weighted by Crippen LogP contribution is 2.36. The highest BCUT2D eigenvalue weighted by molar-refractivity contribution is 9.10. The van der Waals surface area contributed by atoms with Crippen molar-refractivity contribution in [2.75, 3.05) is 18.1 Å². The lowest BCUT2D eigenvalue weighted by Gasteiger charge is -2.31. The molecular formula is C10H10BrFN4O. The monoisotopic (exact) mass is 300 g/mol. The van der Waals surface area contributed by atoms with Gasteiger partial charge in [-0.2, -0.15) is 0 Å². The largest absolute Gasteiger partial charge is 0.348 e. The first-order valence-electron chi connectivity index (χ1n) is 5.00. The number of halogens is 2. The average Bonchev–Trinajstić information content (AvgIpc) is 2.65. The minimum atomic E-state index is -1.11. The average molecular weight is 301 g/mol. The molecule has 1 fully saturated rings. The Hall–Kier alpha value is -1.30. The van der Waals surface area contributed by atoms with Gasteiger partial charge >= 0.3 is 0 Å². The van der Waals surface area contributed by atoms with Crippen LogP contribution in [-0.2, 0) is 4.74 Å². The van der Waals surface area contributed by atoms with Gasteiger partial charge in [0.1, 0.15) is 5.82 Å². The zero-order valence-corrected chi connectivity index (χ0v) is 10.7. The molecule has 0 spiro atoms. The van der Waals surface area contributed by atoms with Crippen molar-refractivity contribution in [2.24, 2.45) is 5.11 Å². The van der Waals surface area contributed by atoms with Crippen LogP contribution >= 0.6 is 15.9 Å². The summed E-state index contributed by atoms with van der Waals surface area (Å²) >= 11 is 3.19. The molecule has 0 bridgehead atoms. The second-order valence-electron chi connectivity index (χ2n) is 3.70. The Morgan fingerprint density at radius 1 is 1.65 bits per heavy atom. The highest BCUT2D eigenvalue weighted by atomic mass is 79.9. The Labute approximate surface area is 106 Å². The summed E-state index contributed by atoms with van der Waals surface area (Å²) in [7, 11) is 0. The highest BCUT2D eigenvalue weighted by Gasteiger charge is 2.38. The molecule has 1 heterocycles. The zero-order chi connectivity index (χ0) is 12.5. The van der Waals surface area contributed by atoms with E-state index in [2.05, 4.69) is 26.0 Å². The van der Waals surface area contributed by atoms with Crippen LogP contribution in [0.3, 0.4) is 0 Å². The van der Waals surface area contributed by atoms with Crippen LogP contribution in [0.15, 0.2) is 27.8 Å². The van der Waals surface area contributed by atoms with Crippen LogP contribution in [0, 0.1) is 5.82 Å². The fraction of sp³-hybridized carbons (Fsp3) is 0.400. The zero-order valence-electron chi connectivity index (χ0n) is 9.10. The van der Waals surface area contributed by atoms with E-state index in [1.54, 1.807) is 24.0 Å². The van der Waals surface area contributed by atoms with Gasteiger partial charge in [-0.1, -0.05) is 6.07 Å². The Morgan fingerprint density at radius 3 is 3.12 bits per heavy atom. The van der Waals surface area contributed by atoms with Crippen LogP contribution in [-0.4, -0.2) is 19.0 Å². The molecule has 90 valence electrons. The van der Waals surface area contributed by atoms with Crippen molar-refractivity contribution in [1.29, 1.82) is 0 Å². The van der Waals surface area contributed by atoms with Gasteiger partial charge in [0.05, 0.1) is 16.8 Å². The SMILES string of the molecule is CC1(N=[N+]=[N-])OCCN1c1cccc(F)c1Br. The summed E-state index contributed by atoms with van der Waals surface area (Å²) in [5.74, 6) is -1.47. The fourth-order valence-corrected chi connectivity index (χ4v) is 2.30. The molecule has 0 amide bonds. The predicted octanol–water partition coefficient (Wildman–Crippen LogP) is 3.41. The summed E-state index contributed by atoms with van der Waals surface area (Å²) < 4.78 is 19.2. The summed E-state index contributed by atoms with van der Waals surface area (Å²) in [6.07, 6.45) is 0. The van der Waals surface area contributed by atoms with E-state index in [0.29, 0.717) is 23.3 Å². The van der Waals surface area contributed by atoms with Crippen LogP contribution in [0.1, 0.15) is 6.92 Å². The molecule has 1 aliphatic heterocycles. The van der Waals surface area contributed by atoms with E-state index in [1.807, 2.05) is 0 Å². The standard InChI is InChI=1S/C10H10BrFN4O/c1-10(14-15-13)16(5-6-17-10)8-4-2-3-7(12)9(8)11/h2-4H,5-6H2,1H3. The summed E-state index contributed by atoms with van der Waals surface area (Å²) in [6, 6.07) is 4.70. The van der Waals surface area contributed by atoms with Crippen LogP contribution in [0.25, 0.3) is 10.4 Å². The van der Waals surface area contributed by atoms with E-state index in [4.69, 9.17) is 10.3 Å². The van der Waals surface area contributed by atoms with Crippen molar-refractivity contribution in [1.82, 2.24) is 0 Å². The van der Waals surface area contributed by atoms with Crippen molar-refractivity contribution in [3.05, 3.63) is 38.9 Å². The van der Waals surface area contributed by atoms with Gasteiger partial charge < -0.3 is 9.64 Å². The number of nitrogens with zero attached hydrogens (tertiary/aromatic N) is 4. The Balaban J connectivity index is 2.46. The summed E-state index contributed by atoms with van der Waals surface area (Å²) in [4.78, 5) is 4.49. The maximum atomic E-state index is 13.5. The van der Waals surface area contributed by atoms with Crippen LogP contribution in [0.2, 0.25) is 0 Å². The molecule has 0 aromatic heterocycles. The molecule has 7 heteroatoms. The number of benzene rings is 1. The number of hydrogen-bond acceptors (Lipinski definition) is 3. The molecule has 1 aromatic rings. The Bertz CT molecular complexity index is 491. The molecule has 1 saturated heterocycles. The number of anilines is 1. The summed E-state index contributed by atoms with van der Waals surface area (Å²) in [6.45, 7) is 2.62. The number of azide groups is 1. The Kier molecular flexibility index (Phi) is 3.24. The lowest BCUT2D eigenvalue weighted by atomic mass is 10.2. The predicted molar refractivity (Wildman–Crippen MR) is 64.9 cm³/mol. The van der Waals surface area contributed by atoms with Gasteiger partial charge in [0, 0.05) is 11.5 Å². The minimum Gasteiger partial charge on any atom is -0.348 e.